The lowest BCUT2D eigenvalue weighted by molar-refractivity contribution is -0.137. The van der Waals surface area contributed by atoms with Crippen LogP contribution in [0.25, 0.3) is 0 Å². The second-order valence-electron chi connectivity index (χ2n) is 7.82. The second kappa shape index (κ2) is 8.94. The average Bonchev–Trinajstić information content (AvgIpc) is 3.12. The quantitative estimate of drug-likeness (QED) is 0.400. The first-order valence-corrected chi connectivity index (χ1v) is 10.7. The summed E-state index contributed by atoms with van der Waals surface area (Å²) in [5.74, 6) is 0.404. The Hall–Kier alpha value is -3.26. The lowest BCUT2D eigenvalue weighted by Crippen LogP contribution is -2.15. The maximum Gasteiger partial charge on any atom is 0.416 e. The van der Waals surface area contributed by atoms with Crippen LogP contribution in [0.3, 0.4) is 0 Å². The van der Waals surface area contributed by atoms with E-state index >= 15 is 0 Å². The number of nitrogens with one attached hydrogen (secondary N) is 2. The van der Waals surface area contributed by atoms with E-state index in [1.807, 2.05) is 6.92 Å². The minimum absolute atomic E-state index is 0.174. The van der Waals surface area contributed by atoms with Crippen LogP contribution in [0, 0.1) is 13.8 Å². The van der Waals surface area contributed by atoms with Crippen LogP contribution in [0.5, 0.6) is 0 Å². The predicted octanol–water partition coefficient (Wildman–Crippen LogP) is 6.97. The highest BCUT2D eigenvalue weighted by molar-refractivity contribution is 6.31. The summed E-state index contributed by atoms with van der Waals surface area (Å²) in [7, 11) is 0. The van der Waals surface area contributed by atoms with E-state index in [4.69, 9.17) is 16.0 Å². The molecule has 2 aromatic carbocycles. The number of amides is 1. The van der Waals surface area contributed by atoms with Crippen LogP contribution in [0.2, 0.25) is 5.02 Å². The van der Waals surface area contributed by atoms with Crippen molar-refractivity contribution in [2.45, 2.75) is 39.3 Å². The van der Waals surface area contributed by atoms with Crippen molar-refractivity contribution in [1.82, 2.24) is 0 Å². The molecule has 0 saturated heterocycles. The number of hydrogen-bond donors (Lipinski definition) is 2. The van der Waals surface area contributed by atoms with Gasteiger partial charge in [0, 0.05) is 28.3 Å². The highest BCUT2D eigenvalue weighted by Crippen LogP contribution is 2.33. The number of carbonyl (C=O) groups excluding carboxylic acids is 1. The molecule has 172 valence electrons. The summed E-state index contributed by atoms with van der Waals surface area (Å²) < 4.78 is 44.8. The summed E-state index contributed by atoms with van der Waals surface area (Å²) in [5.41, 5.74) is 5.49. The fourth-order valence-electron chi connectivity index (χ4n) is 3.82. The van der Waals surface area contributed by atoms with Crippen LogP contribution in [-0.2, 0) is 12.6 Å². The molecule has 0 unspecified atom stereocenters. The molecule has 33 heavy (non-hydrogen) atoms. The topological polar surface area (TPSA) is 66.6 Å². The Bertz CT molecular complexity index is 1250. The Morgan fingerprint density at radius 2 is 1.85 bits per heavy atom. The zero-order valence-electron chi connectivity index (χ0n) is 17.9. The van der Waals surface area contributed by atoms with Crippen LogP contribution < -0.4 is 10.7 Å². The van der Waals surface area contributed by atoms with Crippen LogP contribution >= 0.6 is 11.6 Å². The molecule has 1 heterocycles. The van der Waals surface area contributed by atoms with Gasteiger partial charge in [-0.1, -0.05) is 23.7 Å². The van der Waals surface area contributed by atoms with Gasteiger partial charge in [-0.15, -0.1) is 0 Å². The molecule has 0 saturated carbocycles. The van der Waals surface area contributed by atoms with E-state index in [1.54, 1.807) is 25.1 Å². The third-order valence-corrected chi connectivity index (χ3v) is 5.97. The van der Waals surface area contributed by atoms with Gasteiger partial charge >= 0.3 is 6.18 Å². The Morgan fingerprint density at radius 1 is 1.09 bits per heavy atom. The molecular formula is C24H21ClF3N3O2. The van der Waals surface area contributed by atoms with Gasteiger partial charge in [0.25, 0.3) is 5.91 Å². The summed E-state index contributed by atoms with van der Waals surface area (Å²) in [6.45, 7) is 3.58. The molecular weight excluding hydrogens is 455 g/mol. The zero-order valence-corrected chi connectivity index (χ0v) is 18.7. The largest absolute Gasteiger partial charge is 0.455 e. The third kappa shape index (κ3) is 4.75. The first-order valence-electron chi connectivity index (χ1n) is 10.3. The molecule has 0 fully saturated rings. The van der Waals surface area contributed by atoms with E-state index in [0.29, 0.717) is 46.2 Å². The van der Waals surface area contributed by atoms with E-state index in [-0.39, 0.29) is 11.4 Å². The fraction of sp³-hybridized carbons (Fsp3) is 0.250. The van der Waals surface area contributed by atoms with Crippen molar-refractivity contribution < 1.29 is 22.4 Å². The number of rotatable bonds is 4. The average molecular weight is 476 g/mol. The van der Waals surface area contributed by atoms with Gasteiger partial charge in [0.1, 0.15) is 5.76 Å². The van der Waals surface area contributed by atoms with Gasteiger partial charge in [-0.2, -0.15) is 18.3 Å². The number of nitrogens with zero attached hydrogens (tertiary/aromatic N) is 1. The first kappa shape index (κ1) is 22.9. The fourth-order valence-corrected chi connectivity index (χ4v) is 3.99. The van der Waals surface area contributed by atoms with Crippen LogP contribution in [0.1, 0.15) is 51.4 Å². The van der Waals surface area contributed by atoms with Crippen molar-refractivity contribution in [3.05, 3.63) is 81.3 Å². The summed E-state index contributed by atoms with van der Waals surface area (Å²) >= 11 is 6.14. The van der Waals surface area contributed by atoms with E-state index < -0.39 is 17.6 Å². The van der Waals surface area contributed by atoms with E-state index in [0.717, 1.165) is 24.1 Å². The second-order valence-corrected chi connectivity index (χ2v) is 8.23. The monoisotopic (exact) mass is 475 g/mol. The number of benzene rings is 2. The number of carbonyl (C=O) groups is 1. The van der Waals surface area contributed by atoms with Crippen molar-refractivity contribution >= 4 is 34.6 Å². The van der Waals surface area contributed by atoms with Crippen molar-refractivity contribution in [2.75, 3.05) is 10.7 Å². The van der Waals surface area contributed by atoms with Gasteiger partial charge in [0.15, 0.2) is 5.76 Å². The number of hydrogen-bond acceptors (Lipinski definition) is 4. The molecule has 1 aromatic heterocycles. The number of halogens is 4. The predicted molar refractivity (Wildman–Crippen MR) is 122 cm³/mol. The normalized spacial score (nSPS) is 14.8. The molecule has 0 spiro atoms. The molecule has 3 aromatic rings. The van der Waals surface area contributed by atoms with Gasteiger partial charge in [0.05, 0.1) is 17.0 Å². The van der Waals surface area contributed by atoms with Crippen LogP contribution in [0.15, 0.2) is 52.0 Å². The molecule has 0 atom stereocenters. The highest BCUT2D eigenvalue weighted by Gasteiger charge is 2.31. The van der Waals surface area contributed by atoms with E-state index in [1.165, 1.54) is 12.1 Å². The minimum Gasteiger partial charge on any atom is -0.455 e. The standard InChI is InChI=1S/C24H21ClF3N3O2/c1-13-17(25)8-4-9-18(13)29-23(32)22-14(2)21-19(10-5-11-20(21)33-22)31-30-16-7-3-6-15(12-16)24(26,27)28/h3-4,6-9,12,30H,5,10-11H2,1-2H3,(H,29,32)/b31-19+. The summed E-state index contributed by atoms with van der Waals surface area (Å²) in [6.07, 6.45) is -2.44. The van der Waals surface area contributed by atoms with Gasteiger partial charge in [0.2, 0.25) is 0 Å². The Labute approximate surface area is 193 Å². The number of alkyl halides is 3. The van der Waals surface area contributed by atoms with Gasteiger partial charge in [-0.25, -0.2) is 0 Å². The maximum atomic E-state index is 13.0. The number of furan rings is 1. The highest BCUT2D eigenvalue weighted by atomic mass is 35.5. The van der Waals surface area contributed by atoms with Crippen molar-refractivity contribution in [3.8, 4) is 0 Å². The molecule has 0 bridgehead atoms. The summed E-state index contributed by atoms with van der Waals surface area (Å²) in [4.78, 5) is 12.9. The minimum atomic E-state index is -4.44. The van der Waals surface area contributed by atoms with Gasteiger partial charge < -0.3 is 9.73 Å². The van der Waals surface area contributed by atoms with Crippen molar-refractivity contribution in [1.29, 1.82) is 0 Å². The molecule has 2 N–H and O–H groups in total. The van der Waals surface area contributed by atoms with Crippen molar-refractivity contribution in [3.63, 3.8) is 0 Å². The maximum absolute atomic E-state index is 13.0. The molecule has 1 aliphatic rings. The van der Waals surface area contributed by atoms with E-state index in [2.05, 4.69) is 15.8 Å². The lowest BCUT2D eigenvalue weighted by Gasteiger charge is -2.14. The Balaban J connectivity index is 1.60. The van der Waals surface area contributed by atoms with Gasteiger partial charge in [-0.3, -0.25) is 10.2 Å². The lowest BCUT2D eigenvalue weighted by atomic mass is 9.93. The van der Waals surface area contributed by atoms with E-state index in [9.17, 15) is 18.0 Å². The van der Waals surface area contributed by atoms with Crippen LogP contribution in [0.4, 0.5) is 24.5 Å². The Kier molecular flexibility index (Phi) is 6.21. The number of fused-ring (bicyclic) bond motifs is 1. The number of hydrazone groups is 1. The zero-order chi connectivity index (χ0) is 23.8. The molecule has 1 aliphatic carbocycles. The number of anilines is 2. The third-order valence-electron chi connectivity index (χ3n) is 5.56. The molecule has 5 nitrogen and oxygen atoms in total. The summed E-state index contributed by atoms with van der Waals surface area (Å²) in [5, 5.41) is 7.72. The molecule has 4 rings (SSSR count). The Morgan fingerprint density at radius 3 is 2.61 bits per heavy atom. The summed E-state index contributed by atoms with van der Waals surface area (Å²) in [6, 6.07) is 10.1. The smallest absolute Gasteiger partial charge is 0.416 e. The SMILES string of the molecule is Cc1c(Cl)cccc1NC(=O)c1oc2c(c1C)/C(=N/Nc1cccc(C(F)(F)F)c1)CCC2. The molecule has 1 amide bonds. The number of aryl methyl sites for hydroxylation is 1. The molecule has 0 radical (unpaired) electrons. The van der Waals surface area contributed by atoms with Crippen molar-refractivity contribution in [2.24, 2.45) is 5.10 Å². The van der Waals surface area contributed by atoms with Gasteiger partial charge in [-0.05, 0) is 62.6 Å². The molecule has 0 aliphatic heterocycles. The molecule has 9 heteroatoms. The van der Waals surface area contributed by atoms with Crippen LogP contribution in [-0.4, -0.2) is 11.6 Å². The first-order chi connectivity index (χ1) is 15.6.